The number of hydrogen-bond acceptors (Lipinski definition) is 5. The number of carbonyl (C=O) groups is 3. The lowest BCUT2D eigenvalue weighted by Crippen LogP contribution is -2.50. The summed E-state index contributed by atoms with van der Waals surface area (Å²) in [4.78, 5) is 36.1. The minimum Gasteiger partial charge on any atom is -0.322 e. The molecule has 0 unspecified atom stereocenters. The molecule has 1 aliphatic carbocycles. The summed E-state index contributed by atoms with van der Waals surface area (Å²) >= 11 is 0. The minimum absolute atomic E-state index is 0.0108. The van der Waals surface area contributed by atoms with Crippen LogP contribution in [0.15, 0.2) is 53.4 Å². The average Bonchev–Trinajstić information content (AvgIpc) is 3.53. The van der Waals surface area contributed by atoms with E-state index in [0.717, 1.165) is 17.9 Å². The van der Waals surface area contributed by atoms with Crippen molar-refractivity contribution in [2.75, 3.05) is 10.3 Å². The molecule has 2 aliphatic rings. The lowest BCUT2D eigenvalue weighted by molar-refractivity contribution is -0.130. The molecule has 10 heteroatoms. The maximum absolute atomic E-state index is 12.5. The molecular weight excluding hydrogens is 408 g/mol. The van der Waals surface area contributed by atoms with Gasteiger partial charge in [0, 0.05) is 30.1 Å². The number of nitrogens with one attached hydrogen (secondary N) is 3. The molecular formula is C20H20N4O5S. The van der Waals surface area contributed by atoms with E-state index in [1.54, 1.807) is 24.3 Å². The summed E-state index contributed by atoms with van der Waals surface area (Å²) in [5.74, 6) is -0.910. The van der Waals surface area contributed by atoms with Gasteiger partial charge in [-0.05, 0) is 55.3 Å². The second kappa shape index (κ2) is 7.88. The Morgan fingerprint density at radius 2 is 1.77 bits per heavy atom. The van der Waals surface area contributed by atoms with Crippen LogP contribution in [0.3, 0.4) is 0 Å². The van der Waals surface area contributed by atoms with Gasteiger partial charge in [0.15, 0.2) is 0 Å². The summed E-state index contributed by atoms with van der Waals surface area (Å²) in [6, 6.07) is 12.2. The zero-order valence-electron chi connectivity index (χ0n) is 15.9. The zero-order valence-corrected chi connectivity index (χ0v) is 16.7. The van der Waals surface area contributed by atoms with Gasteiger partial charge >= 0.3 is 0 Å². The predicted octanol–water partition coefficient (Wildman–Crippen LogP) is 1.54. The summed E-state index contributed by atoms with van der Waals surface area (Å²) in [7, 11) is -3.62. The van der Waals surface area contributed by atoms with Crippen LogP contribution in [0, 0.1) is 0 Å². The number of nitrogens with zero attached hydrogens (tertiary/aromatic N) is 1. The molecule has 0 atom stereocenters. The smallest absolute Gasteiger partial charge is 0.255 e. The fourth-order valence-corrected chi connectivity index (χ4v) is 4.33. The first-order valence-corrected chi connectivity index (χ1v) is 11.0. The largest absolute Gasteiger partial charge is 0.322 e. The Labute approximate surface area is 173 Å². The number of carbonyl (C=O) groups excluding carboxylic acids is 3. The lowest BCUT2D eigenvalue weighted by Gasteiger charge is -2.27. The monoisotopic (exact) mass is 428 g/mol. The van der Waals surface area contributed by atoms with Gasteiger partial charge in [-0.1, -0.05) is 6.07 Å². The molecule has 1 aliphatic heterocycles. The van der Waals surface area contributed by atoms with Crippen molar-refractivity contribution in [3.05, 3.63) is 54.1 Å². The third-order valence-electron chi connectivity index (χ3n) is 4.74. The fraction of sp³-hybridized carbons (Fsp3) is 0.250. The van der Waals surface area contributed by atoms with Crippen LogP contribution < -0.4 is 20.5 Å². The van der Waals surface area contributed by atoms with Crippen molar-refractivity contribution < 1.29 is 22.8 Å². The van der Waals surface area contributed by atoms with E-state index in [4.69, 9.17) is 0 Å². The van der Waals surface area contributed by atoms with E-state index in [1.165, 1.54) is 24.3 Å². The van der Waals surface area contributed by atoms with Crippen molar-refractivity contribution in [1.82, 2.24) is 10.1 Å². The van der Waals surface area contributed by atoms with Gasteiger partial charge in [-0.2, -0.15) is 0 Å². The highest BCUT2D eigenvalue weighted by Crippen LogP contribution is 2.24. The number of benzene rings is 2. The van der Waals surface area contributed by atoms with Gasteiger partial charge in [0.05, 0.1) is 10.6 Å². The Morgan fingerprint density at radius 3 is 2.47 bits per heavy atom. The molecule has 3 amide bonds. The third-order valence-corrected chi connectivity index (χ3v) is 6.26. The molecule has 0 spiro atoms. The summed E-state index contributed by atoms with van der Waals surface area (Å²) < 4.78 is 27.3. The molecule has 156 valence electrons. The SMILES string of the molecule is O=C1CCC(=O)N(c2ccc(C(=O)Nc3cccc(S(=O)(=O)NC4CC4)c3)cc2)N1. The van der Waals surface area contributed by atoms with E-state index in [2.05, 4.69) is 15.5 Å². The van der Waals surface area contributed by atoms with Crippen molar-refractivity contribution in [3.63, 3.8) is 0 Å². The van der Waals surface area contributed by atoms with Crippen LogP contribution in [0.2, 0.25) is 0 Å². The predicted molar refractivity (Wildman–Crippen MR) is 109 cm³/mol. The van der Waals surface area contributed by atoms with Crippen LogP contribution in [0.25, 0.3) is 0 Å². The highest BCUT2D eigenvalue weighted by molar-refractivity contribution is 7.89. The van der Waals surface area contributed by atoms with Gasteiger partial charge in [0.25, 0.3) is 5.91 Å². The number of anilines is 2. The van der Waals surface area contributed by atoms with Crippen LogP contribution in [0.1, 0.15) is 36.0 Å². The van der Waals surface area contributed by atoms with E-state index in [0.29, 0.717) is 16.9 Å². The van der Waals surface area contributed by atoms with Crippen LogP contribution >= 0.6 is 0 Å². The number of sulfonamides is 1. The molecule has 2 fully saturated rings. The van der Waals surface area contributed by atoms with Crippen LogP contribution in [0.5, 0.6) is 0 Å². The first kappa shape index (κ1) is 20.0. The maximum atomic E-state index is 12.5. The molecule has 3 N–H and O–H groups in total. The Morgan fingerprint density at radius 1 is 1.03 bits per heavy atom. The van der Waals surface area contributed by atoms with E-state index in [1.807, 2.05) is 0 Å². The van der Waals surface area contributed by atoms with Crippen LogP contribution in [-0.2, 0) is 19.6 Å². The van der Waals surface area contributed by atoms with E-state index in [9.17, 15) is 22.8 Å². The third kappa shape index (κ3) is 4.50. The van der Waals surface area contributed by atoms with Crippen molar-refractivity contribution >= 4 is 39.1 Å². The van der Waals surface area contributed by atoms with Gasteiger partial charge < -0.3 is 5.32 Å². The standard InChI is InChI=1S/C20H20N4O5S/c25-18-10-11-19(26)24(22-18)16-8-4-13(5-9-16)20(27)21-15-2-1-3-17(12-15)30(28,29)23-14-6-7-14/h1-5,8-9,12,14,23H,6-7,10-11H2,(H,21,27)(H,22,25). The van der Waals surface area contributed by atoms with Crippen molar-refractivity contribution in [2.24, 2.45) is 0 Å². The average molecular weight is 428 g/mol. The first-order chi connectivity index (χ1) is 14.3. The molecule has 1 saturated heterocycles. The topological polar surface area (TPSA) is 125 Å². The quantitative estimate of drug-likeness (QED) is 0.644. The Balaban J connectivity index is 1.46. The van der Waals surface area contributed by atoms with Crippen LogP contribution in [-0.4, -0.2) is 32.2 Å². The molecule has 1 saturated carbocycles. The maximum Gasteiger partial charge on any atom is 0.255 e. The van der Waals surface area contributed by atoms with Gasteiger partial charge in [-0.25, -0.2) is 18.1 Å². The van der Waals surface area contributed by atoms with Gasteiger partial charge in [-0.3, -0.25) is 19.8 Å². The molecule has 0 aromatic heterocycles. The van der Waals surface area contributed by atoms with Crippen molar-refractivity contribution in [1.29, 1.82) is 0 Å². The summed E-state index contributed by atoms with van der Waals surface area (Å²) in [6.07, 6.45) is 1.94. The second-order valence-corrected chi connectivity index (χ2v) is 8.90. The number of rotatable bonds is 6. The van der Waals surface area contributed by atoms with E-state index < -0.39 is 15.9 Å². The summed E-state index contributed by atoms with van der Waals surface area (Å²) in [6.45, 7) is 0. The molecule has 30 heavy (non-hydrogen) atoms. The molecule has 0 bridgehead atoms. The first-order valence-electron chi connectivity index (χ1n) is 9.48. The summed E-state index contributed by atoms with van der Waals surface area (Å²) in [5, 5.41) is 3.83. The van der Waals surface area contributed by atoms with Gasteiger partial charge in [0.1, 0.15) is 0 Å². The number of hydrazine groups is 1. The van der Waals surface area contributed by atoms with Crippen LogP contribution in [0.4, 0.5) is 11.4 Å². The molecule has 1 heterocycles. The van der Waals surface area contributed by atoms with E-state index in [-0.39, 0.29) is 35.6 Å². The number of amides is 3. The molecule has 2 aromatic rings. The molecule has 0 radical (unpaired) electrons. The lowest BCUT2D eigenvalue weighted by atomic mass is 10.1. The van der Waals surface area contributed by atoms with Gasteiger partial charge in [-0.15, -0.1) is 0 Å². The molecule has 4 rings (SSSR count). The summed E-state index contributed by atoms with van der Waals surface area (Å²) in [5.41, 5.74) is 3.61. The highest BCUT2D eigenvalue weighted by atomic mass is 32.2. The Bertz CT molecular complexity index is 1110. The Kier molecular flexibility index (Phi) is 5.27. The Hall–Kier alpha value is -3.24. The van der Waals surface area contributed by atoms with E-state index >= 15 is 0 Å². The number of hydrogen-bond donors (Lipinski definition) is 3. The second-order valence-electron chi connectivity index (χ2n) is 7.19. The molecule has 9 nitrogen and oxygen atoms in total. The molecule has 2 aromatic carbocycles. The zero-order chi connectivity index (χ0) is 21.3. The minimum atomic E-state index is -3.62. The van der Waals surface area contributed by atoms with Crippen molar-refractivity contribution in [3.8, 4) is 0 Å². The van der Waals surface area contributed by atoms with Gasteiger partial charge in [0.2, 0.25) is 21.8 Å². The normalized spacial score (nSPS) is 16.9. The fourth-order valence-electron chi connectivity index (χ4n) is 2.98. The van der Waals surface area contributed by atoms with Crippen molar-refractivity contribution in [2.45, 2.75) is 36.6 Å². The highest BCUT2D eigenvalue weighted by Gasteiger charge is 2.28.